The maximum atomic E-state index is 11.8. The normalized spacial score (nSPS) is 10.1. The maximum absolute atomic E-state index is 11.8. The van der Waals surface area contributed by atoms with Crippen LogP contribution >= 0.6 is 31.9 Å². The number of benzene rings is 1. The maximum Gasteiger partial charge on any atom is 0.306 e. The van der Waals surface area contributed by atoms with Crippen molar-refractivity contribution in [2.45, 2.75) is 19.8 Å². The smallest absolute Gasteiger partial charge is 0.306 e. The quantitative estimate of drug-likeness (QED) is 0.591. The van der Waals surface area contributed by atoms with Gasteiger partial charge in [-0.1, -0.05) is 6.07 Å². The van der Waals surface area contributed by atoms with Crippen LogP contribution in [0.3, 0.4) is 0 Å². The van der Waals surface area contributed by atoms with Gasteiger partial charge in [0.1, 0.15) is 0 Å². The summed E-state index contributed by atoms with van der Waals surface area (Å²) in [7, 11) is 0. The van der Waals surface area contributed by atoms with Crippen LogP contribution in [0.5, 0.6) is 0 Å². The molecule has 3 nitrogen and oxygen atoms in total. The van der Waals surface area contributed by atoms with Gasteiger partial charge in [0.25, 0.3) is 0 Å². The fourth-order valence-electron chi connectivity index (χ4n) is 1.26. The molecule has 0 saturated heterocycles. The second kappa shape index (κ2) is 6.91. The van der Waals surface area contributed by atoms with Gasteiger partial charge in [-0.3, -0.25) is 9.59 Å². The lowest BCUT2D eigenvalue weighted by Crippen LogP contribution is -2.07. The third-order valence-corrected chi connectivity index (χ3v) is 3.98. The van der Waals surface area contributed by atoms with E-state index in [2.05, 4.69) is 31.9 Å². The Kier molecular flexibility index (Phi) is 5.85. The predicted octanol–water partition coefficient (Wildman–Crippen LogP) is 3.74. The number of ether oxygens (including phenoxy) is 1. The zero-order chi connectivity index (χ0) is 12.8. The zero-order valence-electron chi connectivity index (χ0n) is 9.33. The Balaban J connectivity index is 2.58. The molecule has 0 aliphatic rings. The Bertz CT molecular complexity index is 430. The van der Waals surface area contributed by atoms with Gasteiger partial charge in [0.2, 0.25) is 0 Å². The molecular formula is C12H12Br2O3. The van der Waals surface area contributed by atoms with E-state index in [1.165, 1.54) is 0 Å². The highest BCUT2D eigenvalue weighted by Crippen LogP contribution is 2.24. The highest BCUT2D eigenvalue weighted by Gasteiger charge is 2.10. The van der Waals surface area contributed by atoms with Gasteiger partial charge in [0.05, 0.1) is 13.0 Å². The van der Waals surface area contributed by atoms with E-state index < -0.39 is 0 Å². The van der Waals surface area contributed by atoms with E-state index >= 15 is 0 Å². The summed E-state index contributed by atoms with van der Waals surface area (Å²) in [4.78, 5) is 22.9. The van der Waals surface area contributed by atoms with Gasteiger partial charge in [-0.25, -0.2) is 0 Å². The Morgan fingerprint density at radius 1 is 1.18 bits per heavy atom. The van der Waals surface area contributed by atoms with E-state index in [9.17, 15) is 9.59 Å². The SMILES string of the molecule is CCOC(=O)CCC(=O)c1ccc(Br)c(Br)c1. The molecule has 0 atom stereocenters. The molecule has 1 aromatic rings. The van der Waals surface area contributed by atoms with Crippen LogP contribution in [0.4, 0.5) is 0 Å². The number of halogens is 2. The predicted molar refractivity (Wildman–Crippen MR) is 72.0 cm³/mol. The van der Waals surface area contributed by atoms with Crippen molar-refractivity contribution in [3.63, 3.8) is 0 Å². The first-order valence-corrected chi connectivity index (χ1v) is 6.77. The van der Waals surface area contributed by atoms with Crippen molar-refractivity contribution in [1.29, 1.82) is 0 Å². The van der Waals surface area contributed by atoms with Crippen molar-refractivity contribution < 1.29 is 14.3 Å². The monoisotopic (exact) mass is 362 g/mol. The van der Waals surface area contributed by atoms with E-state index in [4.69, 9.17) is 4.74 Å². The van der Waals surface area contributed by atoms with Crippen molar-refractivity contribution in [2.75, 3.05) is 6.61 Å². The van der Waals surface area contributed by atoms with Crippen LogP contribution in [-0.2, 0) is 9.53 Å². The van der Waals surface area contributed by atoms with Crippen LogP contribution in [-0.4, -0.2) is 18.4 Å². The average molecular weight is 364 g/mol. The van der Waals surface area contributed by atoms with Crippen LogP contribution in [0, 0.1) is 0 Å². The Hall–Kier alpha value is -0.680. The summed E-state index contributed by atoms with van der Waals surface area (Å²) in [5.74, 6) is -0.400. The first-order valence-electron chi connectivity index (χ1n) is 5.18. The molecule has 0 fully saturated rings. The van der Waals surface area contributed by atoms with Crippen LogP contribution in [0.2, 0.25) is 0 Å². The molecule has 0 unspecified atom stereocenters. The minimum atomic E-state index is -0.336. The fourth-order valence-corrected chi connectivity index (χ4v) is 1.89. The molecule has 0 saturated carbocycles. The number of Topliss-reactive ketones (excluding diaryl/α,β-unsaturated/α-hetero) is 1. The van der Waals surface area contributed by atoms with E-state index in [1.54, 1.807) is 25.1 Å². The number of carbonyl (C=O) groups is 2. The van der Waals surface area contributed by atoms with Gasteiger partial charge in [-0.2, -0.15) is 0 Å². The average Bonchev–Trinajstić information content (AvgIpc) is 2.30. The molecule has 0 N–H and O–H groups in total. The van der Waals surface area contributed by atoms with E-state index in [1.807, 2.05) is 0 Å². The number of carbonyl (C=O) groups excluding carboxylic acids is 2. The molecule has 1 aromatic carbocycles. The lowest BCUT2D eigenvalue weighted by molar-refractivity contribution is -0.143. The van der Waals surface area contributed by atoms with Crippen LogP contribution in [0.1, 0.15) is 30.1 Å². The topological polar surface area (TPSA) is 43.4 Å². The first kappa shape index (κ1) is 14.4. The zero-order valence-corrected chi connectivity index (χ0v) is 12.5. The van der Waals surface area contributed by atoms with Crippen molar-refractivity contribution >= 4 is 43.6 Å². The molecule has 0 aliphatic heterocycles. The van der Waals surface area contributed by atoms with E-state index in [-0.39, 0.29) is 24.6 Å². The Morgan fingerprint density at radius 3 is 2.47 bits per heavy atom. The second-order valence-corrected chi connectivity index (χ2v) is 5.07. The molecule has 0 bridgehead atoms. The summed E-state index contributed by atoms with van der Waals surface area (Å²) < 4.78 is 6.47. The minimum Gasteiger partial charge on any atom is -0.466 e. The van der Waals surface area contributed by atoms with Crippen LogP contribution in [0.25, 0.3) is 0 Å². The molecule has 92 valence electrons. The van der Waals surface area contributed by atoms with Crippen molar-refractivity contribution in [2.24, 2.45) is 0 Å². The summed E-state index contributed by atoms with van der Waals surface area (Å²) in [6.07, 6.45) is 0.299. The lowest BCUT2D eigenvalue weighted by atomic mass is 10.1. The van der Waals surface area contributed by atoms with Crippen LogP contribution in [0.15, 0.2) is 27.1 Å². The van der Waals surface area contributed by atoms with Gasteiger partial charge in [0, 0.05) is 20.9 Å². The number of rotatable bonds is 5. The third kappa shape index (κ3) is 4.60. The number of hydrogen-bond donors (Lipinski definition) is 0. The van der Waals surface area contributed by atoms with Gasteiger partial charge in [-0.15, -0.1) is 0 Å². The molecule has 17 heavy (non-hydrogen) atoms. The highest BCUT2D eigenvalue weighted by molar-refractivity contribution is 9.13. The molecule has 5 heteroatoms. The summed E-state index contributed by atoms with van der Waals surface area (Å²) in [5.41, 5.74) is 0.587. The molecule has 0 radical (unpaired) electrons. The van der Waals surface area contributed by atoms with Gasteiger partial charge < -0.3 is 4.74 Å². The molecule has 0 amide bonds. The lowest BCUT2D eigenvalue weighted by Gasteiger charge is -2.03. The van der Waals surface area contributed by atoms with Gasteiger partial charge >= 0.3 is 5.97 Å². The first-order chi connectivity index (χ1) is 8.04. The minimum absolute atomic E-state index is 0.0637. The van der Waals surface area contributed by atoms with Crippen molar-refractivity contribution in [1.82, 2.24) is 0 Å². The Labute approximate surface area is 117 Å². The number of hydrogen-bond acceptors (Lipinski definition) is 3. The van der Waals surface area contributed by atoms with Crippen molar-refractivity contribution in [3.8, 4) is 0 Å². The molecular weight excluding hydrogens is 352 g/mol. The molecule has 0 aliphatic carbocycles. The second-order valence-electron chi connectivity index (χ2n) is 3.36. The van der Waals surface area contributed by atoms with E-state index in [0.717, 1.165) is 8.95 Å². The van der Waals surface area contributed by atoms with E-state index in [0.29, 0.717) is 12.2 Å². The third-order valence-electron chi connectivity index (χ3n) is 2.10. The standard InChI is InChI=1S/C12H12Br2O3/c1-2-17-12(16)6-5-11(15)8-3-4-9(13)10(14)7-8/h3-4,7H,2,5-6H2,1H3. The van der Waals surface area contributed by atoms with Crippen molar-refractivity contribution in [3.05, 3.63) is 32.7 Å². The summed E-state index contributed by atoms with van der Waals surface area (Å²) in [5, 5.41) is 0. The molecule has 0 spiro atoms. The van der Waals surface area contributed by atoms with Crippen LogP contribution < -0.4 is 0 Å². The van der Waals surface area contributed by atoms with Gasteiger partial charge in [-0.05, 0) is 50.9 Å². The summed E-state index contributed by atoms with van der Waals surface area (Å²) in [6, 6.07) is 5.25. The highest BCUT2D eigenvalue weighted by atomic mass is 79.9. The number of esters is 1. The molecule has 0 heterocycles. The summed E-state index contributed by atoms with van der Waals surface area (Å²) >= 11 is 6.66. The molecule has 0 aromatic heterocycles. The molecule has 1 rings (SSSR count). The largest absolute Gasteiger partial charge is 0.466 e. The van der Waals surface area contributed by atoms with Gasteiger partial charge in [0.15, 0.2) is 5.78 Å². The number of ketones is 1. The fraction of sp³-hybridized carbons (Fsp3) is 0.333. The Morgan fingerprint density at radius 2 is 1.88 bits per heavy atom. The summed E-state index contributed by atoms with van der Waals surface area (Å²) in [6.45, 7) is 2.09.